The maximum atomic E-state index is 12.3. The molecule has 2 aromatic heterocycles. The van der Waals surface area contributed by atoms with Gasteiger partial charge in [0, 0.05) is 28.9 Å². The molecule has 0 bridgehead atoms. The van der Waals surface area contributed by atoms with Crippen LogP contribution < -0.4 is 16.4 Å². The van der Waals surface area contributed by atoms with Crippen molar-refractivity contribution in [1.82, 2.24) is 20.3 Å². The summed E-state index contributed by atoms with van der Waals surface area (Å²) in [7, 11) is 0. The van der Waals surface area contributed by atoms with Crippen LogP contribution in [0.3, 0.4) is 0 Å². The Kier molecular flexibility index (Phi) is 5.48. The van der Waals surface area contributed by atoms with Crippen molar-refractivity contribution in [2.75, 3.05) is 11.1 Å². The highest BCUT2D eigenvalue weighted by Crippen LogP contribution is 2.31. The van der Waals surface area contributed by atoms with Gasteiger partial charge in [-0.15, -0.1) is 11.3 Å². The molecule has 144 valence electrons. The van der Waals surface area contributed by atoms with Gasteiger partial charge in [0.05, 0.1) is 11.3 Å². The minimum Gasteiger partial charge on any atom is -0.383 e. The lowest BCUT2D eigenvalue weighted by molar-refractivity contribution is 0.244. The summed E-state index contributed by atoms with van der Waals surface area (Å²) in [4.78, 5) is 25.0. The minimum atomic E-state index is -0.155. The second-order valence-electron chi connectivity index (χ2n) is 6.87. The van der Waals surface area contributed by atoms with E-state index in [0.29, 0.717) is 5.82 Å². The van der Waals surface area contributed by atoms with Crippen molar-refractivity contribution in [3.8, 4) is 21.8 Å². The van der Waals surface area contributed by atoms with Crippen LogP contribution in [0, 0.1) is 0 Å². The smallest absolute Gasteiger partial charge is 0.319 e. The van der Waals surface area contributed by atoms with Crippen LogP contribution in [0.2, 0.25) is 0 Å². The first kappa shape index (κ1) is 18.4. The minimum absolute atomic E-state index is 0.155. The lowest BCUT2D eigenvalue weighted by Gasteiger charge is -2.22. The first-order valence-electron chi connectivity index (χ1n) is 9.38. The Morgan fingerprint density at radius 3 is 2.89 bits per heavy atom. The van der Waals surface area contributed by atoms with Gasteiger partial charge in [0.25, 0.3) is 0 Å². The van der Waals surface area contributed by atoms with E-state index in [1.165, 1.54) is 36.9 Å². The molecule has 0 aliphatic heterocycles. The number of thiazole rings is 1. The molecule has 7 nitrogen and oxygen atoms in total. The molecular weight excluding hydrogens is 372 g/mol. The number of carbonyl (C=O) groups excluding carboxylic acids is 1. The van der Waals surface area contributed by atoms with E-state index in [0.717, 1.165) is 40.4 Å². The van der Waals surface area contributed by atoms with Gasteiger partial charge in [-0.1, -0.05) is 31.4 Å². The first-order valence-corrected chi connectivity index (χ1v) is 10.3. The number of nitrogens with two attached hydrogens (primary N) is 1. The van der Waals surface area contributed by atoms with Crippen LogP contribution in [0.25, 0.3) is 21.8 Å². The molecule has 0 spiro atoms. The van der Waals surface area contributed by atoms with E-state index in [-0.39, 0.29) is 12.1 Å². The van der Waals surface area contributed by atoms with Crippen LogP contribution in [0.5, 0.6) is 0 Å². The average Bonchev–Trinajstić information content (AvgIpc) is 3.19. The van der Waals surface area contributed by atoms with Crippen LogP contribution in [-0.2, 0) is 0 Å². The number of anilines is 2. The van der Waals surface area contributed by atoms with Gasteiger partial charge in [0.1, 0.15) is 17.2 Å². The zero-order valence-corrected chi connectivity index (χ0v) is 16.2. The van der Waals surface area contributed by atoms with Crippen molar-refractivity contribution >= 4 is 28.9 Å². The molecule has 1 aliphatic rings. The molecule has 4 N–H and O–H groups in total. The monoisotopic (exact) mass is 394 g/mol. The fraction of sp³-hybridized carbons (Fsp3) is 0.300. The summed E-state index contributed by atoms with van der Waals surface area (Å²) < 4.78 is 0. The van der Waals surface area contributed by atoms with Gasteiger partial charge in [-0.3, -0.25) is 0 Å². The number of aromatic nitrogens is 3. The quantitative estimate of drug-likeness (QED) is 0.612. The summed E-state index contributed by atoms with van der Waals surface area (Å²) in [6.45, 7) is 0. The summed E-state index contributed by atoms with van der Waals surface area (Å²) >= 11 is 1.48. The second-order valence-corrected chi connectivity index (χ2v) is 7.73. The van der Waals surface area contributed by atoms with Gasteiger partial charge < -0.3 is 16.4 Å². The number of amides is 2. The summed E-state index contributed by atoms with van der Waals surface area (Å²) in [5.41, 5.74) is 9.12. The molecule has 1 fully saturated rings. The maximum absolute atomic E-state index is 12.3. The van der Waals surface area contributed by atoms with E-state index >= 15 is 0 Å². The average molecular weight is 395 g/mol. The number of rotatable bonds is 4. The zero-order valence-electron chi connectivity index (χ0n) is 15.4. The Balaban J connectivity index is 1.47. The number of benzene rings is 1. The normalized spacial score (nSPS) is 14.6. The highest BCUT2D eigenvalue weighted by molar-refractivity contribution is 7.13. The van der Waals surface area contributed by atoms with Crippen molar-refractivity contribution in [3.05, 3.63) is 42.2 Å². The van der Waals surface area contributed by atoms with Crippen LogP contribution in [0.1, 0.15) is 32.1 Å². The molecule has 3 aromatic rings. The highest BCUT2D eigenvalue weighted by atomic mass is 32.1. The molecular formula is C20H22N6OS. The Bertz CT molecular complexity index is 967. The molecule has 2 heterocycles. The molecule has 0 saturated heterocycles. The molecule has 4 rings (SSSR count). The largest absolute Gasteiger partial charge is 0.383 e. The van der Waals surface area contributed by atoms with Gasteiger partial charge in [0.2, 0.25) is 0 Å². The molecule has 0 atom stereocenters. The molecule has 8 heteroatoms. The van der Waals surface area contributed by atoms with Crippen molar-refractivity contribution in [3.63, 3.8) is 0 Å². The first-order chi connectivity index (χ1) is 13.7. The molecule has 1 saturated carbocycles. The summed E-state index contributed by atoms with van der Waals surface area (Å²) in [5, 5.41) is 8.73. The number of urea groups is 1. The second kappa shape index (κ2) is 8.35. The van der Waals surface area contributed by atoms with Crippen molar-refractivity contribution in [2.45, 2.75) is 38.1 Å². The zero-order chi connectivity index (χ0) is 19.3. The van der Waals surface area contributed by atoms with Crippen LogP contribution in [0.15, 0.2) is 42.2 Å². The lowest BCUT2D eigenvalue weighted by Crippen LogP contribution is -2.39. The number of nitrogens with zero attached hydrogens (tertiary/aromatic N) is 3. The van der Waals surface area contributed by atoms with E-state index in [9.17, 15) is 4.79 Å². The van der Waals surface area contributed by atoms with Crippen molar-refractivity contribution in [2.24, 2.45) is 0 Å². The van der Waals surface area contributed by atoms with E-state index < -0.39 is 0 Å². The highest BCUT2D eigenvalue weighted by Gasteiger charge is 2.16. The summed E-state index contributed by atoms with van der Waals surface area (Å²) in [6, 6.07) is 7.79. The third-order valence-corrected chi connectivity index (χ3v) is 5.71. The number of hydrogen-bond donors (Lipinski definition) is 3. The fourth-order valence-corrected chi connectivity index (χ4v) is 4.24. The standard InChI is InChI=1S/C20H22N6OS/c21-18-16(10-22-12-23-18)19-26-17(11-28-19)13-5-4-8-15(9-13)25-20(27)24-14-6-2-1-3-7-14/h4-5,8-12,14H,1-3,6-7H2,(H2,21,22,23)(H2,24,25,27). The molecule has 2 amide bonds. The Labute approximate surface area is 167 Å². The molecule has 0 radical (unpaired) electrons. The number of hydrogen-bond acceptors (Lipinski definition) is 6. The fourth-order valence-electron chi connectivity index (χ4n) is 3.39. The summed E-state index contributed by atoms with van der Waals surface area (Å²) in [6.07, 6.45) is 8.83. The summed E-state index contributed by atoms with van der Waals surface area (Å²) in [5.74, 6) is 0.408. The lowest BCUT2D eigenvalue weighted by atomic mass is 9.96. The maximum Gasteiger partial charge on any atom is 0.319 e. The molecule has 0 unspecified atom stereocenters. The van der Waals surface area contributed by atoms with Crippen LogP contribution in [-0.4, -0.2) is 27.0 Å². The van der Waals surface area contributed by atoms with E-state index in [1.807, 2.05) is 29.6 Å². The Morgan fingerprint density at radius 1 is 1.21 bits per heavy atom. The number of nitrogen functional groups attached to an aromatic ring is 1. The SMILES string of the molecule is Nc1ncncc1-c1nc(-c2cccc(NC(=O)NC3CCCCC3)c2)cs1. The van der Waals surface area contributed by atoms with Gasteiger partial charge in [0.15, 0.2) is 0 Å². The van der Waals surface area contributed by atoms with Crippen LogP contribution >= 0.6 is 11.3 Å². The third-order valence-electron chi connectivity index (χ3n) is 4.83. The van der Waals surface area contributed by atoms with Gasteiger partial charge in [-0.05, 0) is 25.0 Å². The third kappa shape index (κ3) is 4.28. The predicted octanol–water partition coefficient (Wildman–Crippen LogP) is 4.30. The van der Waals surface area contributed by atoms with Gasteiger partial charge in [-0.25, -0.2) is 19.7 Å². The predicted molar refractivity (Wildman–Crippen MR) is 112 cm³/mol. The van der Waals surface area contributed by atoms with Gasteiger partial charge in [-0.2, -0.15) is 0 Å². The van der Waals surface area contributed by atoms with Crippen LogP contribution in [0.4, 0.5) is 16.3 Å². The molecule has 1 aromatic carbocycles. The van der Waals surface area contributed by atoms with E-state index in [1.54, 1.807) is 6.20 Å². The molecule has 1 aliphatic carbocycles. The number of nitrogens with one attached hydrogen (secondary N) is 2. The number of carbonyl (C=O) groups is 1. The Morgan fingerprint density at radius 2 is 2.07 bits per heavy atom. The topological polar surface area (TPSA) is 106 Å². The molecule has 28 heavy (non-hydrogen) atoms. The van der Waals surface area contributed by atoms with Crippen molar-refractivity contribution in [1.29, 1.82) is 0 Å². The van der Waals surface area contributed by atoms with Crippen molar-refractivity contribution < 1.29 is 4.79 Å². The Hall–Kier alpha value is -3.00. The van der Waals surface area contributed by atoms with E-state index in [4.69, 9.17) is 5.73 Å². The van der Waals surface area contributed by atoms with E-state index in [2.05, 4.69) is 25.6 Å². The van der Waals surface area contributed by atoms with Gasteiger partial charge >= 0.3 is 6.03 Å².